The first-order valence-corrected chi connectivity index (χ1v) is 10.6. The highest BCUT2D eigenvalue weighted by Crippen LogP contribution is 2.52. The highest BCUT2D eigenvalue weighted by atomic mass is 16.5. The number of hydrazone groups is 1. The lowest BCUT2D eigenvalue weighted by Crippen LogP contribution is -2.29. The third-order valence-corrected chi connectivity index (χ3v) is 6.14. The standard InChI is InChI=1S/C25H26N4O3/c1-15(28-29-23(30)12-13-26)16-10-11-21-20(14-16)17-6-4-7-18(17)24(27-21)19-8-5-9-22(31-2)25(19)32-3/h4-6,8-11,14,17-18,24,27H,7,12H2,1-3H3,(H,29,30)/b28-15-/t17-,18+,24-/m1/s1. The quantitative estimate of drug-likeness (QED) is 0.405. The first-order chi connectivity index (χ1) is 15.6. The largest absolute Gasteiger partial charge is 0.493 e. The zero-order valence-corrected chi connectivity index (χ0v) is 18.4. The van der Waals surface area contributed by atoms with Gasteiger partial charge in [0.25, 0.3) is 5.91 Å². The van der Waals surface area contributed by atoms with E-state index in [0.717, 1.165) is 34.7 Å². The fourth-order valence-corrected chi connectivity index (χ4v) is 4.61. The summed E-state index contributed by atoms with van der Waals surface area (Å²) in [5.74, 6) is 1.66. The van der Waals surface area contributed by atoms with Crippen molar-refractivity contribution in [2.45, 2.75) is 31.7 Å². The Hall–Kier alpha value is -3.79. The number of allylic oxidation sites excluding steroid dienone is 2. The van der Waals surface area contributed by atoms with E-state index < -0.39 is 5.91 Å². The predicted molar refractivity (Wildman–Crippen MR) is 123 cm³/mol. The van der Waals surface area contributed by atoms with E-state index in [0.29, 0.717) is 11.6 Å². The Kier molecular flexibility index (Phi) is 6.13. The minimum atomic E-state index is -0.416. The summed E-state index contributed by atoms with van der Waals surface area (Å²) < 4.78 is 11.2. The number of fused-ring (bicyclic) bond motifs is 3. The number of hydrogen-bond acceptors (Lipinski definition) is 6. The number of carbonyl (C=O) groups is 1. The first kappa shape index (κ1) is 21.4. The van der Waals surface area contributed by atoms with Crippen molar-refractivity contribution in [1.82, 2.24) is 5.43 Å². The van der Waals surface area contributed by atoms with Crippen LogP contribution in [0.5, 0.6) is 11.5 Å². The van der Waals surface area contributed by atoms with E-state index in [1.165, 1.54) is 5.56 Å². The number of methoxy groups -OCH3 is 2. The van der Waals surface area contributed by atoms with Crippen LogP contribution in [0.4, 0.5) is 5.69 Å². The van der Waals surface area contributed by atoms with Crippen LogP contribution in [0.1, 0.15) is 48.4 Å². The fourth-order valence-electron chi connectivity index (χ4n) is 4.61. The van der Waals surface area contributed by atoms with Gasteiger partial charge in [-0.3, -0.25) is 4.79 Å². The van der Waals surface area contributed by atoms with Gasteiger partial charge in [-0.1, -0.05) is 30.4 Å². The van der Waals surface area contributed by atoms with E-state index in [-0.39, 0.29) is 18.4 Å². The van der Waals surface area contributed by atoms with Crippen molar-refractivity contribution in [3.63, 3.8) is 0 Å². The molecule has 0 fully saturated rings. The van der Waals surface area contributed by atoms with Crippen LogP contribution in [0, 0.1) is 17.2 Å². The smallest absolute Gasteiger partial charge is 0.254 e. The molecule has 0 bridgehead atoms. The van der Waals surface area contributed by atoms with E-state index in [2.05, 4.69) is 46.2 Å². The second kappa shape index (κ2) is 9.15. The number of amides is 1. The summed E-state index contributed by atoms with van der Waals surface area (Å²) in [5.41, 5.74) is 7.41. The van der Waals surface area contributed by atoms with Gasteiger partial charge in [0.2, 0.25) is 0 Å². The van der Waals surface area contributed by atoms with Crippen LogP contribution in [0.3, 0.4) is 0 Å². The van der Waals surface area contributed by atoms with Gasteiger partial charge >= 0.3 is 0 Å². The number of ether oxygens (including phenoxy) is 2. The van der Waals surface area contributed by atoms with Crippen molar-refractivity contribution in [2.75, 3.05) is 19.5 Å². The molecule has 2 N–H and O–H groups in total. The van der Waals surface area contributed by atoms with E-state index >= 15 is 0 Å². The van der Waals surface area contributed by atoms with Gasteiger partial charge in [0.05, 0.1) is 32.0 Å². The van der Waals surface area contributed by atoms with Crippen LogP contribution >= 0.6 is 0 Å². The number of nitrogens with zero attached hydrogens (tertiary/aromatic N) is 2. The number of anilines is 1. The van der Waals surface area contributed by atoms with Crippen LogP contribution in [0.25, 0.3) is 0 Å². The normalized spacial score (nSPS) is 21.1. The molecule has 0 radical (unpaired) electrons. The lowest BCUT2D eigenvalue weighted by atomic mass is 9.76. The SMILES string of the molecule is COc1cccc([C@@H]2Nc3ccc(/C(C)=N\NC(=O)CC#N)cc3[C@@H]3C=CC[C@@H]32)c1OC. The summed E-state index contributed by atoms with van der Waals surface area (Å²) in [5, 5.41) is 16.5. The molecule has 164 valence electrons. The van der Waals surface area contributed by atoms with Gasteiger partial charge in [0, 0.05) is 17.2 Å². The topological polar surface area (TPSA) is 95.7 Å². The van der Waals surface area contributed by atoms with Crippen molar-refractivity contribution in [3.8, 4) is 17.6 Å². The minimum Gasteiger partial charge on any atom is -0.493 e. The Bertz CT molecular complexity index is 1130. The van der Waals surface area contributed by atoms with Gasteiger partial charge in [0.1, 0.15) is 6.42 Å². The van der Waals surface area contributed by atoms with Gasteiger partial charge in [-0.2, -0.15) is 10.4 Å². The summed E-state index contributed by atoms with van der Waals surface area (Å²) in [6, 6.07) is 14.1. The zero-order chi connectivity index (χ0) is 22.7. The number of para-hydroxylation sites is 1. The maximum atomic E-state index is 11.6. The third kappa shape index (κ3) is 3.92. The molecule has 0 saturated heterocycles. The molecule has 7 heteroatoms. The number of nitriles is 1. The van der Waals surface area contributed by atoms with Crippen LogP contribution < -0.4 is 20.2 Å². The van der Waals surface area contributed by atoms with E-state index in [1.807, 2.05) is 31.2 Å². The fraction of sp³-hybridized carbons (Fsp3) is 0.320. The highest BCUT2D eigenvalue weighted by molar-refractivity contribution is 6.00. The van der Waals surface area contributed by atoms with Crippen LogP contribution in [0.15, 0.2) is 53.7 Å². The molecule has 1 amide bonds. The molecule has 2 aromatic rings. The number of nitrogens with one attached hydrogen (secondary N) is 2. The third-order valence-electron chi connectivity index (χ3n) is 6.14. The molecule has 1 aliphatic heterocycles. The molecule has 3 atom stereocenters. The van der Waals surface area contributed by atoms with Crippen LogP contribution in [-0.4, -0.2) is 25.8 Å². The lowest BCUT2D eigenvalue weighted by molar-refractivity contribution is -0.120. The molecular formula is C25H26N4O3. The molecule has 1 heterocycles. The average molecular weight is 431 g/mol. The molecule has 1 aliphatic carbocycles. The first-order valence-electron chi connectivity index (χ1n) is 10.6. The molecule has 2 aliphatic rings. The maximum Gasteiger partial charge on any atom is 0.254 e. The van der Waals surface area contributed by atoms with Gasteiger partial charge < -0.3 is 14.8 Å². The number of rotatable bonds is 6. The van der Waals surface area contributed by atoms with Crippen LogP contribution in [-0.2, 0) is 4.79 Å². The molecule has 0 aromatic heterocycles. The molecule has 4 rings (SSSR count). The van der Waals surface area contributed by atoms with Gasteiger partial charge in [-0.05, 0) is 48.6 Å². The minimum absolute atomic E-state index is 0.0819. The molecule has 0 spiro atoms. The number of benzene rings is 2. The predicted octanol–water partition coefficient (Wildman–Crippen LogP) is 4.28. The molecule has 0 saturated carbocycles. The van der Waals surface area contributed by atoms with Crippen LogP contribution in [0.2, 0.25) is 0 Å². The Labute approximate surface area is 187 Å². The second-order valence-electron chi connectivity index (χ2n) is 7.93. The second-order valence-corrected chi connectivity index (χ2v) is 7.93. The van der Waals surface area contributed by atoms with E-state index in [1.54, 1.807) is 14.2 Å². The van der Waals surface area contributed by atoms with Crippen molar-refractivity contribution in [1.29, 1.82) is 5.26 Å². The summed E-state index contributed by atoms with van der Waals surface area (Å²) in [4.78, 5) is 11.6. The molecular weight excluding hydrogens is 404 g/mol. The Morgan fingerprint density at radius 1 is 1.25 bits per heavy atom. The summed E-state index contributed by atoms with van der Waals surface area (Å²) in [6.07, 6.45) is 5.26. The number of carbonyl (C=O) groups excluding carboxylic acids is 1. The Balaban J connectivity index is 1.67. The van der Waals surface area contributed by atoms with Crippen molar-refractivity contribution >= 4 is 17.3 Å². The van der Waals surface area contributed by atoms with Crippen molar-refractivity contribution in [2.24, 2.45) is 11.0 Å². The van der Waals surface area contributed by atoms with Crippen molar-refractivity contribution in [3.05, 3.63) is 65.2 Å². The summed E-state index contributed by atoms with van der Waals surface area (Å²) in [6.45, 7) is 1.84. The van der Waals surface area contributed by atoms with Gasteiger partial charge in [0.15, 0.2) is 11.5 Å². The van der Waals surface area contributed by atoms with Gasteiger partial charge in [-0.15, -0.1) is 0 Å². The monoisotopic (exact) mass is 430 g/mol. The van der Waals surface area contributed by atoms with Crippen molar-refractivity contribution < 1.29 is 14.3 Å². The molecule has 2 aromatic carbocycles. The molecule has 32 heavy (non-hydrogen) atoms. The number of hydrogen-bond donors (Lipinski definition) is 2. The highest BCUT2D eigenvalue weighted by Gasteiger charge is 2.39. The zero-order valence-electron chi connectivity index (χ0n) is 18.4. The Morgan fingerprint density at radius 2 is 2.09 bits per heavy atom. The van der Waals surface area contributed by atoms with Gasteiger partial charge in [-0.25, -0.2) is 5.43 Å². The average Bonchev–Trinajstić information content (AvgIpc) is 3.31. The maximum absolute atomic E-state index is 11.6. The molecule has 0 unspecified atom stereocenters. The van der Waals surface area contributed by atoms with E-state index in [4.69, 9.17) is 14.7 Å². The summed E-state index contributed by atoms with van der Waals surface area (Å²) >= 11 is 0. The lowest BCUT2D eigenvalue weighted by Gasteiger charge is -2.38. The molecule has 7 nitrogen and oxygen atoms in total. The van der Waals surface area contributed by atoms with E-state index in [9.17, 15) is 4.79 Å². The summed E-state index contributed by atoms with van der Waals surface area (Å²) in [7, 11) is 3.33. The Morgan fingerprint density at radius 3 is 2.84 bits per heavy atom.